The summed E-state index contributed by atoms with van der Waals surface area (Å²) in [6, 6.07) is 1.77. The van der Waals surface area contributed by atoms with Crippen molar-refractivity contribution in [2.45, 2.75) is 50.5 Å². The zero-order valence-corrected chi connectivity index (χ0v) is 19.0. The van der Waals surface area contributed by atoms with Crippen LogP contribution >= 0.6 is 0 Å². The third-order valence-corrected chi connectivity index (χ3v) is 7.12. The lowest BCUT2D eigenvalue weighted by Gasteiger charge is -2.32. The van der Waals surface area contributed by atoms with Gasteiger partial charge in [0, 0.05) is 55.9 Å². The molecule has 3 fully saturated rings. The van der Waals surface area contributed by atoms with E-state index in [1.807, 2.05) is 4.90 Å². The number of carbonyl (C=O) groups is 1. The predicted molar refractivity (Wildman–Crippen MR) is 118 cm³/mol. The van der Waals surface area contributed by atoms with Crippen LogP contribution in [0.4, 0.5) is 27.8 Å². The summed E-state index contributed by atoms with van der Waals surface area (Å²) < 4.78 is 67.2. The van der Waals surface area contributed by atoms with Gasteiger partial charge in [0.05, 0.1) is 12.1 Å². The number of pyridine rings is 1. The van der Waals surface area contributed by atoms with E-state index >= 15 is 0 Å². The van der Waals surface area contributed by atoms with Crippen LogP contribution in [0.3, 0.4) is 0 Å². The molecule has 2 atom stereocenters. The van der Waals surface area contributed by atoms with Crippen LogP contribution in [-0.2, 0) is 11.0 Å². The van der Waals surface area contributed by atoms with Crippen molar-refractivity contribution in [3.63, 3.8) is 0 Å². The van der Waals surface area contributed by atoms with Crippen molar-refractivity contribution in [1.29, 1.82) is 0 Å². The first kappa shape index (κ1) is 24.0. The van der Waals surface area contributed by atoms with E-state index in [-0.39, 0.29) is 36.5 Å². The number of amides is 1. The molecule has 4 aliphatic rings. The number of aliphatic imine (C=N–C) groups is 1. The lowest BCUT2D eigenvalue weighted by Crippen LogP contribution is -2.48. The smallest absolute Gasteiger partial charge is 0.342 e. The number of nitrogens with one attached hydrogen (secondary N) is 2. The Hall–Kier alpha value is -2.76. The van der Waals surface area contributed by atoms with Crippen LogP contribution in [0.15, 0.2) is 35.2 Å². The second-order valence-electron chi connectivity index (χ2n) is 9.66. The molecule has 1 aromatic rings. The lowest BCUT2D eigenvalue weighted by molar-refractivity contribution is -0.138. The van der Waals surface area contributed by atoms with E-state index in [4.69, 9.17) is 0 Å². The molecule has 4 heterocycles. The molecular weight excluding hydrogens is 471 g/mol. The standard InChI is InChI=1S/C23H27F5N6O/c24-22(25)6-9-34(13-22)21-30-17(15-5-8-33(12-15)20(35)14-2-1-3-14)11-19(32-21)31-18-10-16(4-7-29-18)23(26,27)28/h4,7,10-11,14-15,21,32H,1-3,5-6,8-9,12-13H2,(H,29,31). The van der Waals surface area contributed by atoms with Gasteiger partial charge in [-0.15, -0.1) is 0 Å². The highest BCUT2D eigenvalue weighted by atomic mass is 19.4. The molecule has 12 heteroatoms. The number of halogens is 5. The molecule has 0 spiro atoms. The Morgan fingerprint density at radius 2 is 2.00 bits per heavy atom. The molecule has 3 aliphatic heterocycles. The minimum atomic E-state index is -4.52. The summed E-state index contributed by atoms with van der Waals surface area (Å²) in [5.74, 6) is -2.38. The second-order valence-corrected chi connectivity index (χ2v) is 9.66. The van der Waals surface area contributed by atoms with E-state index in [9.17, 15) is 26.7 Å². The minimum absolute atomic E-state index is 0.0291. The van der Waals surface area contributed by atoms with Crippen molar-refractivity contribution in [1.82, 2.24) is 20.1 Å². The number of hydrogen-bond acceptors (Lipinski definition) is 6. The summed E-state index contributed by atoms with van der Waals surface area (Å²) >= 11 is 0. The number of anilines is 1. The van der Waals surface area contributed by atoms with Crippen molar-refractivity contribution in [2.75, 3.05) is 31.5 Å². The molecule has 0 bridgehead atoms. The van der Waals surface area contributed by atoms with Gasteiger partial charge in [-0.1, -0.05) is 6.42 Å². The Labute approximate surface area is 199 Å². The van der Waals surface area contributed by atoms with E-state index in [1.54, 1.807) is 6.08 Å². The van der Waals surface area contributed by atoms with Crippen LogP contribution in [0, 0.1) is 11.8 Å². The number of rotatable bonds is 5. The van der Waals surface area contributed by atoms with Gasteiger partial charge in [0.15, 0.2) is 6.29 Å². The highest BCUT2D eigenvalue weighted by Gasteiger charge is 2.42. The van der Waals surface area contributed by atoms with Gasteiger partial charge in [0.1, 0.15) is 11.6 Å². The molecule has 35 heavy (non-hydrogen) atoms. The molecule has 2 N–H and O–H groups in total. The van der Waals surface area contributed by atoms with Gasteiger partial charge < -0.3 is 15.5 Å². The first-order valence-electron chi connectivity index (χ1n) is 11.8. The molecule has 0 radical (unpaired) electrons. The summed E-state index contributed by atoms with van der Waals surface area (Å²) in [7, 11) is 0. The van der Waals surface area contributed by atoms with Crippen molar-refractivity contribution in [3.05, 3.63) is 35.8 Å². The second kappa shape index (κ2) is 9.03. The first-order valence-corrected chi connectivity index (χ1v) is 11.8. The molecule has 2 unspecified atom stereocenters. The number of nitrogens with zero attached hydrogens (tertiary/aromatic N) is 4. The van der Waals surface area contributed by atoms with Crippen LogP contribution in [0.25, 0.3) is 0 Å². The van der Waals surface area contributed by atoms with Crippen LogP contribution < -0.4 is 10.6 Å². The van der Waals surface area contributed by atoms with Gasteiger partial charge in [0.2, 0.25) is 5.91 Å². The van der Waals surface area contributed by atoms with Crippen molar-refractivity contribution >= 4 is 17.4 Å². The average Bonchev–Trinajstić information content (AvgIpc) is 3.39. The molecule has 7 nitrogen and oxygen atoms in total. The molecule has 5 rings (SSSR count). The molecule has 1 amide bonds. The summed E-state index contributed by atoms with van der Waals surface area (Å²) in [4.78, 5) is 24.7. The fourth-order valence-corrected chi connectivity index (χ4v) is 4.91. The zero-order valence-electron chi connectivity index (χ0n) is 19.0. The molecule has 0 aromatic carbocycles. The number of alkyl halides is 5. The van der Waals surface area contributed by atoms with E-state index in [0.717, 1.165) is 37.6 Å². The van der Waals surface area contributed by atoms with E-state index in [1.165, 1.54) is 4.90 Å². The summed E-state index contributed by atoms with van der Waals surface area (Å²) in [5, 5.41) is 5.87. The number of carbonyl (C=O) groups excluding carboxylic acids is 1. The molecule has 190 valence electrons. The van der Waals surface area contributed by atoms with Crippen LogP contribution in [0.5, 0.6) is 0 Å². The van der Waals surface area contributed by atoms with E-state index in [0.29, 0.717) is 31.0 Å². The average molecular weight is 499 g/mol. The number of likely N-dealkylation sites (tertiary alicyclic amines) is 2. The monoisotopic (exact) mass is 498 g/mol. The Morgan fingerprint density at radius 1 is 1.20 bits per heavy atom. The van der Waals surface area contributed by atoms with E-state index in [2.05, 4.69) is 20.6 Å². The largest absolute Gasteiger partial charge is 0.416 e. The third kappa shape index (κ3) is 5.26. The molecule has 2 saturated heterocycles. The van der Waals surface area contributed by atoms with Gasteiger partial charge in [-0.2, -0.15) is 13.2 Å². The predicted octanol–water partition coefficient (Wildman–Crippen LogP) is 3.67. The van der Waals surface area contributed by atoms with Gasteiger partial charge in [-0.3, -0.25) is 9.69 Å². The van der Waals surface area contributed by atoms with Crippen LogP contribution in [0.1, 0.15) is 37.7 Å². The third-order valence-electron chi connectivity index (χ3n) is 7.12. The van der Waals surface area contributed by atoms with Gasteiger partial charge >= 0.3 is 6.18 Å². The normalized spacial score (nSPS) is 27.2. The molecule has 1 saturated carbocycles. The summed E-state index contributed by atoms with van der Waals surface area (Å²) in [5.41, 5.74) is -0.223. The number of aromatic nitrogens is 1. The highest BCUT2D eigenvalue weighted by molar-refractivity contribution is 5.99. The minimum Gasteiger partial charge on any atom is -0.342 e. The maximum Gasteiger partial charge on any atom is 0.416 e. The zero-order chi connectivity index (χ0) is 24.8. The Morgan fingerprint density at radius 3 is 2.66 bits per heavy atom. The molecule has 1 aromatic heterocycles. The first-order chi connectivity index (χ1) is 16.6. The van der Waals surface area contributed by atoms with Gasteiger partial charge in [0.25, 0.3) is 5.92 Å². The molecule has 1 aliphatic carbocycles. The fraction of sp³-hybridized carbons (Fsp3) is 0.609. The Kier molecular flexibility index (Phi) is 6.18. The molecular formula is C23H27F5N6O. The van der Waals surface area contributed by atoms with Crippen LogP contribution in [-0.4, -0.2) is 64.8 Å². The quantitative estimate of drug-likeness (QED) is 0.607. The number of allylic oxidation sites excluding steroid dienone is 1. The van der Waals surface area contributed by atoms with E-state index < -0.39 is 30.5 Å². The summed E-state index contributed by atoms with van der Waals surface area (Å²) in [6.45, 7) is 0.758. The van der Waals surface area contributed by atoms with Crippen molar-refractivity contribution in [2.24, 2.45) is 16.8 Å². The lowest BCUT2D eigenvalue weighted by atomic mass is 9.84. The maximum absolute atomic E-state index is 13.9. The SMILES string of the molecule is O=C(C1CCC1)N1CCC(C2=NC(N3CCC(F)(F)C3)NC(Nc3cc(C(F)(F)F)ccn3)=C2)C1. The maximum atomic E-state index is 13.9. The highest BCUT2D eigenvalue weighted by Crippen LogP contribution is 2.33. The summed E-state index contributed by atoms with van der Waals surface area (Å²) in [6.07, 6.45) is 0.698. The van der Waals surface area contributed by atoms with Crippen molar-refractivity contribution in [3.8, 4) is 0 Å². The Balaban J connectivity index is 1.36. The number of hydrogen-bond donors (Lipinski definition) is 2. The van der Waals surface area contributed by atoms with Gasteiger partial charge in [-0.05, 0) is 31.4 Å². The fourth-order valence-electron chi connectivity index (χ4n) is 4.91. The van der Waals surface area contributed by atoms with Crippen molar-refractivity contribution < 1.29 is 26.7 Å². The Bertz CT molecular complexity index is 1040. The van der Waals surface area contributed by atoms with Gasteiger partial charge in [-0.25, -0.2) is 18.8 Å². The van der Waals surface area contributed by atoms with Crippen LogP contribution in [0.2, 0.25) is 0 Å². The topological polar surface area (TPSA) is 72.9 Å².